The molecule has 0 bridgehead atoms. The molecule has 1 heterocycles. The summed E-state index contributed by atoms with van der Waals surface area (Å²) in [6, 6.07) is 2.16. The quantitative estimate of drug-likeness (QED) is 0.438. The van der Waals surface area contributed by atoms with Gasteiger partial charge < -0.3 is 9.47 Å². The van der Waals surface area contributed by atoms with Crippen LogP contribution in [-0.2, 0) is 9.47 Å². The summed E-state index contributed by atoms with van der Waals surface area (Å²) in [5, 5.41) is 2.04. The second kappa shape index (κ2) is 8.16. The molecule has 4 nitrogen and oxygen atoms in total. The second-order valence-electron chi connectivity index (χ2n) is 3.25. The van der Waals surface area contributed by atoms with E-state index in [0.29, 0.717) is 19.8 Å². The maximum atomic E-state index is 5.53. The molecule has 0 fully saturated rings. The number of nitrogens with one attached hydrogen (secondary N) is 1. The fourth-order valence-electron chi connectivity index (χ4n) is 1.29. The lowest BCUT2D eigenvalue weighted by atomic mass is 10.2. The first-order valence-corrected chi connectivity index (χ1v) is 6.72. The number of hydrogen-bond donors (Lipinski definition) is 2. The van der Waals surface area contributed by atoms with Gasteiger partial charge in [0, 0.05) is 23.1 Å². The van der Waals surface area contributed by atoms with E-state index < -0.39 is 0 Å². The van der Waals surface area contributed by atoms with Crippen LogP contribution in [0.3, 0.4) is 0 Å². The Bertz CT molecular complexity index is 296. The first kappa shape index (κ1) is 14.1. The van der Waals surface area contributed by atoms with Crippen LogP contribution in [0.25, 0.3) is 0 Å². The minimum atomic E-state index is 0.136. The zero-order valence-electron chi connectivity index (χ0n) is 9.24. The van der Waals surface area contributed by atoms with Gasteiger partial charge >= 0.3 is 0 Å². The highest BCUT2D eigenvalue weighted by Crippen LogP contribution is 2.30. The maximum Gasteiger partial charge on any atom is 0.0700 e. The largest absolute Gasteiger partial charge is 0.382 e. The summed E-state index contributed by atoms with van der Waals surface area (Å²) in [5.74, 6) is 5.53. The van der Waals surface area contributed by atoms with Gasteiger partial charge in [-0.25, -0.2) is 0 Å². The number of hydrazine groups is 1. The molecule has 0 aromatic carbocycles. The van der Waals surface area contributed by atoms with E-state index in [1.54, 1.807) is 18.4 Å². The lowest BCUT2D eigenvalue weighted by Gasteiger charge is -2.15. The fraction of sp³-hybridized carbons (Fsp3) is 0.600. The van der Waals surface area contributed by atoms with Crippen molar-refractivity contribution in [2.45, 2.75) is 12.5 Å². The van der Waals surface area contributed by atoms with Gasteiger partial charge in [0.15, 0.2) is 0 Å². The fourth-order valence-corrected chi connectivity index (χ4v) is 3.04. The molecule has 92 valence electrons. The van der Waals surface area contributed by atoms with Crippen molar-refractivity contribution in [3.8, 4) is 0 Å². The SMILES string of the molecule is COCCOCCC(NN)c1sccc1Br. The molecular formula is C10H17BrN2O2S. The number of hydrogen-bond acceptors (Lipinski definition) is 5. The molecule has 1 unspecified atom stereocenters. The Kier molecular flexibility index (Phi) is 7.18. The summed E-state index contributed by atoms with van der Waals surface area (Å²) in [6.45, 7) is 1.92. The molecule has 6 heteroatoms. The summed E-state index contributed by atoms with van der Waals surface area (Å²) >= 11 is 5.18. The van der Waals surface area contributed by atoms with Crippen molar-refractivity contribution in [3.63, 3.8) is 0 Å². The normalized spacial score (nSPS) is 12.9. The summed E-state index contributed by atoms with van der Waals surface area (Å²) in [7, 11) is 1.66. The highest BCUT2D eigenvalue weighted by atomic mass is 79.9. The van der Waals surface area contributed by atoms with E-state index in [1.165, 1.54) is 4.88 Å². The number of nitrogens with two attached hydrogens (primary N) is 1. The third-order valence-electron chi connectivity index (χ3n) is 2.15. The molecule has 1 rings (SSSR count). The standard InChI is InChI=1S/C10H17BrN2O2S/c1-14-5-6-15-4-2-9(13-12)10-8(11)3-7-16-10/h3,7,9,13H,2,4-6,12H2,1H3. The summed E-state index contributed by atoms with van der Waals surface area (Å²) in [5.41, 5.74) is 2.81. The van der Waals surface area contributed by atoms with Gasteiger partial charge in [-0.05, 0) is 33.8 Å². The number of ether oxygens (including phenoxy) is 2. The molecule has 0 saturated heterocycles. The number of halogens is 1. The molecule has 0 aliphatic carbocycles. The predicted molar refractivity (Wildman–Crippen MR) is 69.4 cm³/mol. The van der Waals surface area contributed by atoms with Gasteiger partial charge in [-0.3, -0.25) is 11.3 Å². The molecule has 0 saturated carbocycles. The van der Waals surface area contributed by atoms with Gasteiger partial charge in [0.1, 0.15) is 0 Å². The van der Waals surface area contributed by atoms with Crippen molar-refractivity contribution in [2.75, 3.05) is 26.9 Å². The first-order valence-electron chi connectivity index (χ1n) is 5.05. The van der Waals surface area contributed by atoms with E-state index in [2.05, 4.69) is 21.4 Å². The summed E-state index contributed by atoms with van der Waals surface area (Å²) < 4.78 is 11.4. The third kappa shape index (κ3) is 4.48. The Balaban J connectivity index is 2.30. The zero-order valence-corrected chi connectivity index (χ0v) is 11.6. The molecule has 3 N–H and O–H groups in total. The lowest BCUT2D eigenvalue weighted by Crippen LogP contribution is -2.28. The Morgan fingerprint density at radius 2 is 2.31 bits per heavy atom. The van der Waals surface area contributed by atoms with Crippen LogP contribution >= 0.6 is 27.3 Å². The molecule has 16 heavy (non-hydrogen) atoms. The topological polar surface area (TPSA) is 56.5 Å². The Morgan fingerprint density at radius 3 is 2.88 bits per heavy atom. The van der Waals surface area contributed by atoms with Crippen molar-refractivity contribution in [1.29, 1.82) is 0 Å². The van der Waals surface area contributed by atoms with Gasteiger partial charge in [0.2, 0.25) is 0 Å². The predicted octanol–water partition coefficient (Wildman–Crippen LogP) is 2.07. The smallest absolute Gasteiger partial charge is 0.0700 e. The molecule has 0 radical (unpaired) electrons. The molecule has 1 aromatic heterocycles. The van der Waals surface area contributed by atoms with E-state index in [1.807, 2.05) is 11.4 Å². The van der Waals surface area contributed by atoms with Gasteiger partial charge in [0.05, 0.1) is 19.3 Å². The van der Waals surface area contributed by atoms with Crippen LogP contribution in [0, 0.1) is 0 Å². The van der Waals surface area contributed by atoms with Crippen LogP contribution in [0.1, 0.15) is 17.3 Å². The van der Waals surface area contributed by atoms with Gasteiger partial charge in [-0.2, -0.15) is 0 Å². The van der Waals surface area contributed by atoms with Gasteiger partial charge in [-0.15, -0.1) is 11.3 Å². The third-order valence-corrected chi connectivity index (χ3v) is 4.13. The van der Waals surface area contributed by atoms with E-state index in [4.69, 9.17) is 15.3 Å². The van der Waals surface area contributed by atoms with E-state index in [9.17, 15) is 0 Å². The molecule has 0 amide bonds. The Hall–Kier alpha value is 0.0200. The Labute approximate surface area is 108 Å². The Morgan fingerprint density at radius 1 is 1.50 bits per heavy atom. The summed E-state index contributed by atoms with van der Waals surface area (Å²) in [4.78, 5) is 1.21. The maximum absolute atomic E-state index is 5.53. The van der Waals surface area contributed by atoms with Crippen molar-refractivity contribution >= 4 is 27.3 Å². The zero-order chi connectivity index (χ0) is 11.8. The van der Waals surface area contributed by atoms with Crippen molar-refractivity contribution in [3.05, 3.63) is 20.8 Å². The van der Waals surface area contributed by atoms with Crippen LogP contribution in [0.5, 0.6) is 0 Å². The molecule has 0 aliphatic heterocycles. The molecule has 0 aliphatic rings. The average Bonchev–Trinajstić information content (AvgIpc) is 2.70. The highest BCUT2D eigenvalue weighted by molar-refractivity contribution is 9.10. The highest BCUT2D eigenvalue weighted by Gasteiger charge is 2.13. The summed E-state index contributed by atoms with van der Waals surface area (Å²) in [6.07, 6.45) is 0.847. The molecular weight excluding hydrogens is 292 g/mol. The minimum absolute atomic E-state index is 0.136. The molecule has 1 atom stereocenters. The van der Waals surface area contributed by atoms with Crippen LogP contribution in [0.4, 0.5) is 0 Å². The van der Waals surface area contributed by atoms with Crippen molar-refractivity contribution in [2.24, 2.45) is 5.84 Å². The number of rotatable bonds is 8. The van der Waals surface area contributed by atoms with E-state index in [-0.39, 0.29) is 6.04 Å². The van der Waals surface area contributed by atoms with Crippen molar-refractivity contribution < 1.29 is 9.47 Å². The van der Waals surface area contributed by atoms with E-state index in [0.717, 1.165) is 10.9 Å². The van der Waals surface area contributed by atoms with E-state index >= 15 is 0 Å². The van der Waals surface area contributed by atoms with Crippen LogP contribution < -0.4 is 11.3 Å². The molecule has 1 aromatic rings. The molecule has 0 spiro atoms. The monoisotopic (exact) mass is 308 g/mol. The van der Waals surface area contributed by atoms with Gasteiger partial charge in [-0.1, -0.05) is 0 Å². The van der Waals surface area contributed by atoms with Gasteiger partial charge in [0.25, 0.3) is 0 Å². The first-order chi connectivity index (χ1) is 7.79. The van der Waals surface area contributed by atoms with Crippen LogP contribution in [0.15, 0.2) is 15.9 Å². The second-order valence-corrected chi connectivity index (χ2v) is 5.05. The number of methoxy groups -OCH3 is 1. The van der Waals surface area contributed by atoms with Crippen molar-refractivity contribution in [1.82, 2.24) is 5.43 Å². The number of thiophene rings is 1. The van der Waals surface area contributed by atoms with Crippen LogP contribution in [0.2, 0.25) is 0 Å². The average molecular weight is 309 g/mol. The lowest BCUT2D eigenvalue weighted by molar-refractivity contribution is 0.0659. The minimum Gasteiger partial charge on any atom is -0.382 e. The van der Waals surface area contributed by atoms with Crippen LogP contribution in [-0.4, -0.2) is 26.9 Å².